The minimum absolute atomic E-state index is 0.0824. The van der Waals surface area contributed by atoms with E-state index >= 15 is 0 Å². The number of rotatable bonds is 1. The van der Waals surface area contributed by atoms with Gasteiger partial charge in [0.2, 0.25) is 0 Å². The highest BCUT2D eigenvalue weighted by atomic mass is 35.5. The van der Waals surface area contributed by atoms with Crippen molar-refractivity contribution in [1.29, 1.82) is 0 Å². The summed E-state index contributed by atoms with van der Waals surface area (Å²) < 4.78 is 0. The number of benzene rings is 2. The number of fused-ring (bicyclic) bond motifs is 2. The lowest BCUT2D eigenvalue weighted by Crippen LogP contribution is -2.11. The number of anilines is 1. The molecular formula is C16H12ClNO. The number of halogens is 1. The van der Waals surface area contributed by atoms with E-state index in [4.69, 9.17) is 11.6 Å². The molecule has 3 heteroatoms. The molecule has 0 saturated heterocycles. The molecule has 0 aromatic heterocycles. The van der Waals surface area contributed by atoms with Crippen molar-refractivity contribution in [2.24, 2.45) is 0 Å². The first-order chi connectivity index (χ1) is 9.31. The summed E-state index contributed by atoms with van der Waals surface area (Å²) in [6, 6.07) is 15.4. The standard InChI is InChI=1S/C16H12ClNO/c17-10-9-12-11-5-1-2-7-14(11)16(19)18-15-8-4-3-6-13(12)15/h1-9H,10H2,(H,18,19). The molecule has 1 heterocycles. The van der Waals surface area contributed by atoms with Crippen molar-refractivity contribution >= 4 is 28.8 Å². The van der Waals surface area contributed by atoms with E-state index < -0.39 is 0 Å². The first-order valence-corrected chi connectivity index (χ1v) is 6.61. The zero-order valence-corrected chi connectivity index (χ0v) is 10.9. The maximum Gasteiger partial charge on any atom is 0.256 e. The van der Waals surface area contributed by atoms with Crippen LogP contribution < -0.4 is 5.32 Å². The van der Waals surface area contributed by atoms with Crippen LogP contribution in [0, 0.1) is 0 Å². The van der Waals surface area contributed by atoms with Crippen LogP contribution in [0.25, 0.3) is 5.57 Å². The van der Waals surface area contributed by atoms with Crippen LogP contribution in [-0.4, -0.2) is 11.8 Å². The van der Waals surface area contributed by atoms with Gasteiger partial charge in [0.25, 0.3) is 5.91 Å². The predicted octanol–water partition coefficient (Wildman–Crippen LogP) is 3.92. The second-order valence-corrected chi connectivity index (χ2v) is 4.63. The minimum Gasteiger partial charge on any atom is -0.321 e. The summed E-state index contributed by atoms with van der Waals surface area (Å²) in [6.07, 6.45) is 1.94. The lowest BCUT2D eigenvalue weighted by Gasteiger charge is -2.09. The molecule has 0 atom stereocenters. The fourth-order valence-electron chi connectivity index (χ4n) is 2.37. The van der Waals surface area contributed by atoms with Crippen molar-refractivity contribution in [2.45, 2.75) is 0 Å². The Hall–Kier alpha value is -2.06. The van der Waals surface area contributed by atoms with Crippen LogP contribution in [0.1, 0.15) is 21.5 Å². The average molecular weight is 270 g/mol. The molecular weight excluding hydrogens is 258 g/mol. The third-order valence-corrected chi connectivity index (χ3v) is 3.36. The number of carbonyl (C=O) groups is 1. The second kappa shape index (κ2) is 4.90. The molecule has 2 aromatic carbocycles. The molecule has 1 amide bonds. The fraction of sp³-hybridized carbons (Fsp3) is 0.0625. The first kappa shape index (κ1) is 12.0. The van der Waals surface area contributed by atoms with Crippen LogP contribution >= 0.6 is 11.6 Å². The van der Waals surface area contributed by atoms with Gasteiger partial charge in [-0.15, -0.1) is 11.6 Å². The highest BCUT2D eigenvalue weighted by Crippen LogP contribution is 2.34. The van der Waals surface area contributed by atoms with Gasteiger partial charge in [0.1, 0.15) is 0 Å². The van der Waals surface area contributed by atoms with Crippen molar-refractivity contribution in [3.63, 3.8) is 0 Å². The highest BCUT2D eigenvalue weighted by molar-refractivity contribution is 6.20. The number of amides is 1. The molecule has 1 N–H and O–H groups in total. The SMILES string of the molecule is O=C1Nc2ccccc2C(=CCCl)c2ccccc21. The average Bonchev–Trinajstić information content (AvgIpc) is 2.56. The summed E-state index contributed by atoms with van der Waals surface area (Å²) in [7, 11) is 0. The zero-order valence-electron chi connectivity index (χ0n) is 10.2. The van der Waals surface area contributed by atoms with Crippen molar-refractivity contribution in [2.75, 3.05) is 11.2 Å². The maximum absolute atomic E-state index is 12.2. The Kier molecular flexibility index (Phi) is 3.10. The smallest absolute Gasteiger partial charge is 0.256 e. The van der Waals surface area contributed by atoms with Crippen LogP contribution in [0.4, 0.5) is 5.69 Å². The number of nitrogens with one attached hydrogen (secondary N) is 1. The Balaban J connectivity index is 2.32. The normalized spacial score (nSPS) is 15.4. The van der Waals surface area contributed by atoms with Crippen molar-refractivity contribution in [3.05, 3.63) is 71.3 Å². The lowest BCUT2D eigenvalue weighted by molar-refractivity contribution is 0.102. The Morgan fingerprint density at radius 2 is 1.58 bits per heavy atom. The van der Waals surface area contributed by atoms with Gasteiger partial charge in [0.05, 0.1) is 0 Å². The fourth-order valence-corrected chi connectivity index (χ4v) is 2.53. The summed E-state index contributed by atoms with van der Waals surface area (Å²) >= 11 is 5.88. The topological polar surface area (TPSA) is 29.1 Å². The number of carbonyl (C=O) groups excluding carboxylic acids is 1. The molecule has 0 bridgehead atoms. The van der Waals surface area contributed by atoms with Crippen molar-refractivity contribution < 1.29 is 4.79 Å². The zero-order chi connectivity index (χ0) is 13.2. The molecule has 0 unspecified atom stereocenters. The van der Waals surface area contributed by atoms with Crippen LogP contribution in [0.15, 0.2) is 54.6 Å². The van der Waals surface area contributed by atoms with Gasteiger partial charge in [0, 0.05) is 22.7 Å². The monoisotopic (exact) mass is 269 g/mol. The van der Waals surface area contributed by atoms with Crippen LogP contribution in [-0.2, 0) is 0 Å². The molecule has 2 aromatic rings. The molecule has 1 aliphatic rings. The van der Waals surface area contributed by atoms with E-state index in [1.807, 2.05) is 54.6 Å². The highest BCUT2D eigenvalue weighted by Gasteiger charge is 2.21. The number of allylic oxidation sites excluding steroid dienone is 1. The van der Waals surface area contributed by atoms with Crippen LogP contribution in [0.5, 0.6) is 0 Å². The van der Waals surface area contributed by atoms with Crippen LogP contribution in [0.2, 0.25) is 0 Å². The molecule has 0 aliphatic carbocycles. The lowest BCUT2D eigenvalue weighted by atomic mass is 9.94. The van der Waals surface area contributed by atoms with Crippen molar-refractivity contribution in [3.8, 4) is 0 Å². The molecule has 0 spiro atoms. The molecule has 0 radical (unpaired) electrons. The Morgan fingerprint density at radius 1 is 0.947 bits per heavy atom. The number of para-hydroxylation sites is 1. The van der Waals surface area contributed by atoms with Gasteiger partial charge in [-0.1, -0.05) is 42.5 Å². The van der Waals surface area contributed by atoms with E-state index in [1.165, 1.54) is 0 Å². The van der Waals surface area contributed by atoms with Gasteiger partial charge in [-0.2, -0.15) is 0 Å². The molecule has 0 saturated carbocycles. The summed E-state index contributed by atoms with van der Waals surface area (Å²) in [6.45, 7) is 0. The molecule has 19 heavy (non-hydrogen) atoms. The quantitative estimate of drug-likeness (QED) is 0.781. The third-order valence-electron chi connectivity index (χ3n) is 3.21. The van der Waals surface area contributed by atoms with E-state index in [9.17, 15) is 4.79 Å². The van der Waals surface area contributed by atoms with Crippen molar-refractivity contribution in [1.82, 2.24) is 0 Å². The number of hydrogen-bond donors (Lipinski definition) is 1. The first-order valence-electron chi connectivity index (χ1n) is 6.07. The maximum atomic E-state index is 12.2. The summed E-state index contributed by atoms with van der Waals surface area (Å²) in [5.41, 5.74) is 4.42. The number of hydrogen-bond acceptors (Lipinski definition) is 1. The van der Waals surface area contributed by atoms with Gasteiger partial charge in [0.15, 0.2) is 0 Å². The molecule has 0 fully saturated rings. The van der Waals surface area contributed by atoms with E-state index in [2.05, 4.69) is 5.32 Å². The predicted molar refractivity (Wildman–Crippen MR) is 78.6 cm³/mol. The van der Waals surface area contributed by atoms with E-state index in [1.54, 1.807) is 0 Å². The molecule has 2 nitrogen and oxygen atoms in total. The van der Waals surface area contributed by atoms with Gasteiger partial charge in [-0.05, 0) is 23.3 Å². The second-order valence-electron chi connectivity index (χ2n) is 4.32. The minimum atomic E-state index is -0.0824. The van der Waals surface area contributed by atoms with E-state index in [0.717, 1.165) is 22.4 Å². The van der Waals surface area contributed by atoms with Gasteiger partial charge in [-0.25, -0.2) is 0 Å². The van der Waals surface area contributed by atoms with Gasteiger partial charge < -0.3 is 5.32 Å². The summed E-state index contributed by atoms with van der Waals surface area (Å²) in [4.78, 5) is 12.2. The van der Waals surface area contributed by atoms with Gasteiger partial charge >= 0.3 is 0 Å². The largest absolute Gasteiger partial charge is 0.321 e. The molecule has 94 valence electrons. The molecule has 1 aliphatic heterocycles. The number of alkyl halides is 1. The summed E-state index contributed by atoms with van der Waals surface area (Å²) in [5, 5.41) is 2.94. The third kappa shape index (κ3) is 2.04. The Morgan fingerprint density at radius 3 is 2.32 bits per heavy atom. The van der Waals surface area contributed by atoms with Gasteiger partial charge in [-0.3, -0.25) is 4.79 Å². The van der Waals surface area contributed by atoms with E-state index in [0.29, 0.717) is 11.4 Å². The Labute approximate surface area is 116 Å². The molecule has 3 rings (SSSR count). The van der Waals surface area contributed by atoms with E-state index in [-0.39, 0.29) is 5.91 Å². The Bertz CT molecular complexity index is 676. The van der Waals surface area contributed by atoms with Crippen LogP contribution in [0.3, 0.4) is 0 Å². The summed E-state index contributed by atoms with van der Waals surface area (Å²) in [5.74, 6) is 0.327.